The van der Waals surface area contributed by atoms with Gasteiger partial charge in [-0.1, -0.05) is 40.6 Å². The van der Waals surface area contributed by atoms with E-state index in [9.17, 15) is 0 Å². The van der Waals surface area contributed by atoms with Crippen LogP contribution in [0.4, 0.5) is 0 Å². The van der Waals surface area contributed by atoms with Crippen molar-refractivity contribution in [2.24, 2.45) is 0 Å². The maximum atomic E-state index is 6.02. The standard InChI is InChI=1S/C15H11Cl2N5OS/c1-8-18-7-13-22(8)21-15(24-13)14-20-19-12(23-14)5-3-9-2-4-10(16)11(17)6-9/h2,4,6-7H,3,5H2,1H3. The highest BCUT2D eigenvalue weighted by atomic mass is 35.5. The molecule has 1 aromatic carbocycles. The second-order valence-corrected chi connectivity index (χ2v) is 7.04. The average Bonchev–Trinajstić information content (AvgIpc) is 3.26. The third-order valence-corrected chi connectivity index (χ3v) is 5.21. The second-order valence-electron chi connectivity index (χ2n) is 5.21. The molecule has 0 spiro atoms. The van der Waals surface area contributed by atoms with Crippen LogP contribution >= 0.6 is 34.5 Å². The summed E-state index contributed by atoms with van der Waals surface area (Å²) in [7, 11) is 0. The van der Waals surface area contributed by atoms with Crippen LogP contribution in [-0.4, -0.2) is 24.8 Å². The Morgan fingerprint density at radius 1 is 1.17 bits per heavy atom. The summed E-state index contributed by atoms with van der Waals surface area (Å²) in [5, 5.41) is 14.4. The molecule has 24 heavy (non-hydrogen) atoms. The van der Waals surface area contributed by atoms with E-state index in [1.165, 1.54) is 11.3 Å². The third-order valence-electron chi connectivity index (χ3n) is 3.53. The summed E-state index contributed by atoms with van der Waals surface area (Å²) >= 11 is 13.4. The zero-order chi connectivity index (χ0) is 16.7. The van der Waals surface area contributed by atoms with E-state index in [1.54, 1.807) is 16.8 Å². The van der Waals surface area contributed by atoms with Gasteiger partial charge in [0.15, 0.2) is 0 Å². The summed E-state index contributed by atoms with van der Waals surface area (Å²) in [4.78, 5) is 5.14. The number of nitrogens with zero attached hydrogens (tertiary/aromatic N) is 5. The molecule has 0 radical (unpaired) electrons. The first-order valence-electron chi connectivity index (χ1n) is 7.18. The molecule has 0 amide bonds. The van der Waals surface area contributed by atoms with E-state index >= 15 is 0 Å². The lowest BCUT2D eigenvalue weighted by Gasteiger charge is -2.01. The minimum absolute atomic E-state index is 0.423. The summed E-state index contributed by atoms with van der Waals surface area (Å²) < 4.78 is 7.48. The van der Waals surface area contributed by atoms with Gasteiger partial charge in [0.25, 0.3) is 5.89 Å². The van der Waals surface area contributed by atoms with Gasteiger partial charge in [-0.2, -0.15) is 0 Å². The van der Waals surface area contributed by atoms with Gasteiger partial charge in [0, 0.05) is 6.42 Å². The number of halogens is 2. The van der Waals surface area contributed by atoms with E-state index in [0.29, 0.717) is 33.3 Å². The number of aromatic nitrogens is 5. The van der Waals surface area contributed by atoms with Crippen molar-refractivity contribution in [3.05, 3.63) is 51.7 Å². The van der Waals surface area contributed by atoms with Crippen molar-refractivity contribution in [3.63, 3.8) is 0 Å². The fourth-order valence-corrected chi connectivity index (χ4v) is 3.47. The molecule has 4 rings (SSSR count). The highest BCUT2D eigenvalue weighted by molar-refractivity contribution is 7.20. The minimum atomic E-state index is 0.423. The molecule has 0 bridgehead atoms. The van der Waals surface area contributed by atoms with Crippen molar-refractivity contribution in [3.8, 4) is 10.9 Å². The molecule has 0 N–H and O–H groups in total. The van der Waals surface area contributed by atoms with Crippen LogP contribution < -0.4 is 0 Å². The Bertz CT molecular complexity index is 1020. The fraction of sp³-hybridized carbons (Fsp3) is 0.200. The van der Waals surface area contributed by atoms with Crippen molar-refractivity contribution < 1.29 is 4.42 Å². The number of hydrogen-bond acceptors (Lipinski definition) is 6. The summed E-state index contributed by atoms with van der Waals surface area (Å²) in [6.45, 7) is 1.90. The molecule has 0 aliphatic heterocycles. The van der Waals surface area contributed by atoms with Gasteiger partial charge in [0.1, 0.15) is 10.7 Å². The van der Waals surface area contributed by atoms with Crippen LogP contribution in [0.2, 0.25) is 10.0 Å². The van der Waals surface area contributed by atoms with Crippen LogP contribution in [0.3, 0.4) is 0 Å². The molecule has 0 aliphatic carbocycles. The topological polar surface area (TPSA) is 69.1 Å². The van der Waals surface area contributed by atoms with Crippen LogP contribution in [0, 0.1) is 6.92 Å². The summed E-state index contributed by atoms with van der Waals surface area (Å²) in [5.41, 5.74) is 1.06. The number of imidazole rings is 1. The Labute approximate surface area is 151 Å². The van der Waals surface area contributed by atoms with E-state index in [-0.39, 0.29) is 0 Å². The van der Waals surface area contributed by atoms with Crippen LogP contribution in [0.1, 0.15) is 17.3 Å². The zero-order valence-electron chi connectivity index (χ0n) is 12.5. The molecule has 0 fully saturated rings. The first kappa shape index (κ1) is 15.6. The molecule has 3 aromatic heterocycles. The fourth-order valence-electron chi connectivity index (χ4n) is 2.29. The Balaban J connectivity index is 1.50. The Morgan fingerprint density at radius 3 is 2.83 bits per heavy atom. The van der Waals surface area contributed by atoms with Gasteiger partial charge >= 0.3 is 0 Å². The van der Waals surface area contributed by atoms with E-state index in [4.69, 9.17) is 27.6 Å². The number of aryl methyl sites for hydroxylation is 3. The van der Waals surface area contributed by atoms with Crippen LogP contribution in [0.15, 0.2) is 28.8 Å². The first-order valence-corrected chi connectivity index (χ1v) is 8.75. The second kappa shape index (κ2) is 6.16. The van der Waals surface area contributed by atoms with Crippen molar-refractivity contribution in [1.82, 2.24) is 24.8 Å². The molecule has 4 aromatic rings. The number of benzene rings is 1. The molecule has 9 heteroatoms. The molecule has 0 saturated heterocycles. The highest BCUT2D eigenvalue weighted by Crippen LogP contribution is 2.26. The molecule has 0 atom stereocenters. The van der Waals surface area contributed by atoms with E-state index in [1.807, 2.05) is 19.1 Å². The number of rotatable bonds is 4. The van der Waals surface area contributed by atoms with Crippen LogP contribution in [0.25, 0.3) is 15.7 Å². The molecule has 0 aliphatic rings. The largest absolute Gasteiger partial charge is 0.419 e. The summed E-state index contributed by atoms with van der Waals surface area (Å²) in [6, 6.07) is 5.57. The van der Waals surface area contributed by atoms with Gasteiger partial charge in [-0.3, -0.25) is 0 Å². The maximum Gasteiger partial charge on any atom is 0.278 e. The predicted octanol–water partition coefficient (Wildman–Crippen LogP) is 4.24. The van der Waals surface area contributed by atoms with E-state index in [2.05, 4.69) is 20.3 Å². The van der Waals surface area contributed by atoms with Crippen LogP contribution in [0.5, 0.6) is 0 Å². The molecular weight excluding hydrogens is 369 g/mol. The number of fused-ring (bicyclic) bond motifs is 1. The molecule has 122 valence electrons. The number of hydrogen-bond donors (Lipinski definition) is 0. The van der Waals surface area contributed by atoms with Gasteiger partial charge in [0.2, 0.25) is 10.9 Å². The quantitative estimate of drug-likeness (QED) is 0.530. The highest BCUT2D eigenvalue weighted by Gasteiger charge is 2.15. The molecule has 0 unspecified atom stereocenters. The van der Waals surface area contributed by atoms with Gasteiger partial charge in [-0.25, -0.2) is 9.50 Å². The Kier molecular flexibility index (Phi) is 3.99. The third kappa shape index (κ3) is 2.90. The lowest BCUT2D eigenvalue weighted by atomic mass is 10.1. The van der Waals surface area contributed by atoms with Gasteiger partial charge in [-0.15, -0.1) is 15.3 Å². The first-order chi connectivity index (χ1) is 11.6. The normalized spacial score (nSPS) is 11.5. The summed E-state index contributed by atoms with van der Waals surface area (Å²) in [5.74, 6) is 1.81. The minimum Gasteiger partial charge on any atom is -0.419 e. The predicted molar refractivity (Wildman–Crippen MR) is 92.8 cm³/mol. The molecule has 3 heterocycles. The van der Waals surface area contributed by atoms with Crippen molar-refractivity contribution in [1.29, 1.82) is 0 Å². The van der Waals surface area contributed by atoms with E-state index < -0.39 is 0 Å². The lowest BCUT2D eigenvalue weighted by Crippen LogP contribution is -1.91. The molecule has 6 nitrogen and oxygen atoms in total. The monoisotopic (exact) mass is 379 g/mol. The van der Waals surface area contributed by atoms with Crippen molar-refractivity contribution >= 4 is 39.4 Å². The van der Waals surface area contributed by atoms with Crippen molar-refractivity contribution in [2.45, 2.75) is 19.8 Å². The molecule has 0 saturated carbocycles. The molecular formula is C15H11Cl2N5OS. The van der Waals surface area contributed by atoms with Gasteiger partial charge in [0.05, 0.1) is 16.2 Å². The smallest absolute Gasteiger partial charge is 0.278 e. The zero-order valence-corrected chi connectivity index (χ0v) is 14.9. The van der Waals surface area contributed by atoms with E-state index in [0.717, 1.165) is 22.6 Å². The maximum absolute atomic E-state index is 6.02. The van der Waals surface area contributed by atoms with Gasteiger partial charge < -0.3 is 4.42 Å². The van der Waals surface area contributed by atoms with Crippen molar-refractivity contribution in [2.75, 3.05) is 0 Å². The van der Waals surface area contributed by atoms with Crippen LogP contribution in [-0.2, 0) is 12.8 Å². The average molecular weight is 380 g/mol. The Hall–Kier alpha value is -1.96. The lowest BCUT2D eigenvalue weighted by molar-refractivity contribution is 0.503. The Morgan fingerprint density at radius 2 is 2.04 bits per heavy atom. The van der Waals surface area contributed by atoms with Gasteiger partial charge in [-0.05, 0) is 31.0 Å². The SMILES string of the molecule is Cc1ncc2sc(-c3nnc(CCc4ccc(Cl)c(Cl)c4)o3)nn12. The summed E-state index contributed by atoms with van der Waals surface area (Å²) in [6.07, 6.45) is 3.13.